The van der Waals surface area contributed by atoms with Gasteiger partial charge < -0.3 is 10.3 Å². The van der Waals surface area contributed by atoms with Crippen LogP contribution in [0.4, 0.5) is 5.82 Å². The van der Waals surface area contributed by atoms with Gasteiger partial charge in [-0.05, 0) is 6.07 Å². The maximum absolute atomic E-state index is 11.6. The summed E-state index contributed by atoms with van der Waals surface area (Å²) in [6, 6.07) is 1.61. The Morgan fingerprint density at radius 3 is 3.06 bits per heavy atom. The van der Waals surface area contributed by atoms with Crippen LogP contribution in [-0.4, -0.2) is 31.1 Å². The van der Waals surface area contributed by atoms with Crippen molar-refractivity contribution in [3.63, 3.8) is 0 Å². The van der Waals surface area contributed by atoms with Crippen LogP contribution >= 0.6 is 0 Å². The van der Waals surface area contributed by atoms with Gasteiger partial charge >= 0.3 is 0 Å². The lowest BCUT2D eigenvalue weighted by Gasteiger charge is -1.97. The average molecular weight is 244 g/mol. The van der Waals surface area contributed by atoms with E-state index in [-0.39, 0.29) is 5.56 Å². The third kappa shape index (κ3) is 1.35. The number of pyridine rings is 1. The topological polar surface area (TPSA) is 106 Å². The molecule has 3 rings (SSSR count). The molecule has 0 bridgehead atoms. The molecule has 2 N–H and O–H groups in total. The number of nitrogens with one attached hydrogen (secondary N) is 2. The summed E-state index contributed by atoms with van der Waals surface area (Å²) in [5.74, 6) is 0.361. The molecule has 3 aromatic rings. The summed E-state index contributed by atoms with van der Waals surface area (Å²) in [7, 11) is 1.70. The first-order valence-corrected chi connectivity index (χ1v) is 5.12. The molecule has 0 fully saturated rings. The smallest absolute Gasteiger partial charge is 0.260 e. The molecule has 8 heteroatoms. The Morgan fingerprint density at radius 1 is 1.44 bits per heavy atom. The highest BCUT2D eigenvalue weighted by atomic mass is 16.1. The van der Waals surface area contributed by atoms with E-state index < -0.39 is 0 Å². The van der Waals surface area contributed by atoms with E-state index in [1.54, 1.807) is 13.1 Å². The molecule has 0 atom stereocenters. The molecule has 18 heavy (non-hydrogen) atoms. The van der Waals surface area contributed by atoms with Crippen molar-refractivity contribution in [1.29, 1.82) is 0 Å². The van der Waals surface area contributed by atoms with Gasteiger partial charge in [-0.1, -0.05) is 0 Å². The summed E-state index contributed by atoms with van der Waals surface area (Å²) in [5.41, 5.74) is 0.604. The van der Waals surface area contributed by atoms with Crippen LogP contribution in [-0.2, 0) is 11.8 Å². The minimum Gasteiger partial charge on any atom is -0.313 e. The number of aromatic amines is 1. The first kappa shape index (κ1) is 10.4. The van der Waals surface area contributed by atoms with E-state index in [9.17, 15) is 9.59 Å². The lowest BCUT2D eigenvalue weighted by molar-refractivity contribution is -0.105. The van der Waals surface area contributed by atoms with Gasteiger partial charge in [-0.2, -0.15) is 5.10 Å². The maximum Gasteiger partial charge on any atom is 0.260 e. The van der Waals surface area contributed by atoms with E-state index in [1.165, 1.54) is 11.0 Å². The van der Waals surface area contributed by atoms with E-state index >= 15 is 0 Å². The van der Waals surface area contributed by atoms with Gasteiger partial charge in [-0.25, -0.2) is 14.6 Å². The zero-order valence-electron chi connectivity index (χ0n) is 9.34. The summed E-state index contributed by atoms with van der Waals surface area (Å²) in [5, 5.41) is 7.52. The number of aromatic nitrogens is 5. The third-order valence-electron chi connectivity index (χ3n) is 2.62. The molecule has 0 saturated heterocycles. The number of rotatable bonds is 2. The minimum atomic E-state index is -0.282. The standard InChI is InChI=1S/C10H8N6O2/c1-16-9-5(8(15-16)13-4-17)2-6-7(14-9)11-3-12-10(6)18/h2-4H,1H3,(H,13,15,17)(H,11,12,14,18). The van der Waals surface area contributed by atoms with Crippen molar-refractivity contribution in [3.05, 3.63) is 22.7 Å². The Hall–Kier alpha value is -2.77. The predicted octanol–water partition coefficient (Wildman–Crippen LogP) is -0.227. The zero-order valence-corrected chi connectivity index (χ0v) is 9.34. The number of anilines is 1. The van der Waals surface area contributed by atoms with Gasteiger partial charge in [-0.3, -0.25) is 9.59 Å². The highest BCUT2D eigenvalue weighted by molar-refractivity contribution is 5.98. The van der Waals surface area contributed by atoms with Crippen molar-refractivity contribution >= 4 is 34.3 Å². The van der Waals surface area contributed by atoms with Crippen LogP contribution < -0.4 is 10.9 Å². The summed E-state index contributed by atoms with van der Waals surface area (Å²) in [6.45, 7) is 0. The number of carbonyl (C=O) groups is 1. The molecule has 0 saturated carbocycles. The van der Waals surface area contributed by atoms with Crippen LogP contribution in [0.5, 0.6) is 0 Å². The Bertz CT molecular complexity index is 818. The molecule has 3 aromatic heterocycles. The SMILES string of the molecule is Cn1nc(NC=O)c2cc3c(=O)[nH]cnc3nc21. The first-order valence-electron chi connectivity index (χ1n) is 5.12. The fourth-order valence-corrected chi connectivity index (χ4v) is 1.82. The molecule has 0 aliphatic rings. The van der Waals surface area contributed by atoms with Gasteiger partial charge in [0.2, 0.25) is 6.41 Å². The van der Waals surface area contributed by atoms with Crippen molar-refractivity contribution < 1.29 is 4.79 Å². The number of hydrogen-bond acceptors (Lipinski definition) is 5. The van der Waals surface area contributed by atoms with E-state index in [4.69, 9.17) is 0 Å². The molecular weight excluding hydrogens is 236 g/mol. The molecule has 90 valence electrons. The van der Waals surface area contributed by atoms with E-state index in [2.05, 4.69) is 25.4 Å². The predicted molar refractivity (Wildman–Crippen MR) is 64.1 cm³/mol. The molecular formula is C10H8N6O2. The van der Waals surface area contributed by atoms with Gasteiger partial charge in [-0.15, -0.1) is 0 Å². The van der Waals surface area contributed by atoms with Gasteiger partial charge in [0.05, 0.1) is 17.1 Å². The second-order valence-corrected chi connectivity index (χ2v) is 3.70. The van der Waals surface area contributed by atoms with Crippen LogP contribution in [0.25, 0.3) is 22.1 Å². The third-order valence-corrected chi connectivity index (χ3v) is 2.62. The molecule has 0 aliphatic carbocycles. The quantitative estimate of drug-likeness (QED) is 0.606. The van der Waals surface area contributed by atoms with Crippen molar-refractivity contribution in [2.24, 2.45) is 7.05 Å². The van der Waals surface area contributed by atoms with Crippen LogP contribution in [0.2, 0.25) is 0 Å². The second-order valence-electron chi connectivity index (χ2n) is 3.70. The van der Waals surface area contributed by atoms with Crippen LogP contribution in [0.1, 0.15) is 0 Å². The van der Waals surface area contributed by atoms with Crippen molar-refractivity contribution in [2.75, 3.05) is 5.32 Å². The van der Waals surface area contributed by atoms with Gasteiger partial charge in [0.1, 0.15) is 0 Å². The molecule has 0 spiro atoms. The Balaban J connectivity index is 2.47. The first-order chi connectivity index (χ1) is 8.70. The normalized spacial score (nSPS) is 10.9. The number of carbonyl (C=O) groups excluding carboxylic acids is 1. The Morgan fingerprint density at radius 2 is 2.28 bits per heavy atom. The fourth-order valence-electron chi connectivity index (χ4n) is 1.82. The zero-order chi connectivity index (χ0) is 12.7. The molecule has 8 nitrogen and oxygen atoms in total. The lowest BCUT2D eigenvalue weighted by Crippen LogP contribution is -2.07. The Labute approximate surface area is 99.7 Å². The number of aryl methyl sites for hydroxylation is 1. The largest absolute Gasteiger partial charge is 0.313 e. The van der Waals surface area contributed by atoms with Crippen molar-refractivity contribution in [2.45, 2.75) is 0 Å². The number of nitrogens with zero attached hydrogens (tertiary/aromatic N) is 4. The molecule has 0 aliphatic heterocycles. The van der Waals surface area contributed by atoms with Crippen molar-refractivity contribution in [1.82, 2.24) is 24.7 Å². The summed E-state index contributed by atoms with van der Waals surface area (Å²) >= 11 is 0. The Kier molecular flexibility index (Phi) is 2.09. The van der Waals surface area contributed by atoms with Crippen molar-refractivity contribution in [3.8, 4) is 0 Å². The lowest BCUT2D eigenvalue weighted by atomic mass is 10.2. The van der Waals surface area contributed by atoms with E-state index in [1.807, 2.05) is 0 Å². The highest BCUT2D eigenvalue weighted by Crippen LogP contribution is 2.22. The van der Waals surface area contributed by atoms with Gasteiger partial charge in [0, 0.05) is 7.05 Å². The van der Waals surface area contributed by atoms with Gasteiger partial charge in [0.15, 0.2) is 17.1 Å². The van der Waals surface area contributed by atoms with Crippen LogP contribution in [0.15, 0.2) is 17.2 Å². The number of H-pyrrole nitrogens is 1. The number of amides is 1. The van der Waals surface area contributed by atoms with E-state index in [0.717, 1.165) is 0 Å². The monoisotopic (exact) mass is 244 g/mol. The molecule has 0 unspecified atom stereocenters. The summed E-state index contributed by atoms with van der Waals surface area (Å²) in [4.78, 5) is 32.9. The summed E-state index contributed by atoms with van der Waals surface area (Å²) < 4.78 is 1.52. The minimum absolute atomic E-state index is 0.282. The average Bonchev–Trinajstić information content (AvgIpc) is 2.65. The molecule has 0 aromatic carbocycles. The number of hydrogen-bond donors (Lipinski definition) is 2. The van der Waals surface area contributed by atoms with Gasteiger partial charge in [0.25, 0.3) is 5.56 Å². The molecule has 0 radical (unpaired) electrons. The molecule has 1 amide bonds. The number of fused-ring (bicyclic) bond motifs is 2. The fraction of sp³-hybridized carbons (Fsp3) is 0.100. The second kappa shape index (κ2) is 3.62. The van der Waals surface area contributed by atoms with Crippen LogP contribution in [0, 0.1) is 0 Å². The molecule has 3 heterocycles. The van der Waals surface area contributed by atoms with Crippen LogP contribution in [0.3, 0.4) is 0 Å². The van der Waals surface area contributed by atoms with E-state index in [0.29, 0.717) is 34.3 Å². The summed E-state index contributed by atoms with van der Waals surface area (Å²) in [6.07, 6.45) is 1.82. The highest BCUT2D eigenvalue weighted by Gasteiger charge is 2.12. The maximum atomic E-state index is 11.6.